The van der Waals surface area contributed by atoms with Crippen LogP contribution in [0.2, 0.25) is 0 Å². The van der Waals surface area contributed by atoms with E-state index in [1.54, 1.807) is 0 Å². The van der Waals surface area contributed by atoms with Gasteiger partial charge in [-0.2, -0.15) is 0 Å². The summed E-state index contributed by atoms with van der Waals surface area (Å²) in [6.07, 6.45) is 0. The van der Waals surface area contributed by atoms with Crippen LogP contribution >= 0.6 is 11.3 Å². The molecule has 12 heavy (non-hydrogen) atoms. The maximum absolute atomic E-state index is 2.19. The van der Waals surface area contributed by atoms with Gasteiger partial charge in [0.1, 0.15) is 0 Å². The Bertz CT molecular complexity index is 390. The Labute approximate surface area is 76.6 Å². The predicted octanol–water partition coefficient (Wildman–Crippen LogP) is 3.68. The van der Waals surface area contributed by atoms with Crippen LogP contribution in [0.4, 0.5) is 0 Å². The standard InChI is InChI=1S/C10H10S.H3N/c1-7-8(2)11-10-6-4-3-5-9(7)10;/h3-6H,1-2H3;1H3. The van der Waals surface area contributed by atoms with Crippen molar-refractivity contribution in [3.05, 3.63) is 34.7 Å². The number of thiophene rings is 1. The van der Waals surface area contributed by atoms with E-state index < -0.39 is 0 Å². The fourth-order valence-electron chi connectivity index (χ4n) is 1.30. The van der Waals surface area contributed by atoms with Crippen molar-refractivity contribution in [2.75, 3.05) is 0 Å². The smallest absolute Gasteiger partial charge is 0.0348 e. The maximum atomic E-state index is 2.19. The van der Waals surface area contributed by atoms with Gasteiger partial charge in [0.25, 0.3) is 0 Å². The molecule has 1 aromatic carbocycles. The van der Waals surface area contributed by atoms with E-state index in [9.17, 15) is 0 Å². The molecule has 0 aliphatic heterocycles. The summed E-state index contributed by atoms with van der Waals surface area (Å²) in [5, 5.41) is 1.41. The van der Waals surface area contributed by atoms with Gasteiger partial charge in [0.05, 0.1) is 0 Å². The Morgan fingerprint density at radius 2 is 1.75 bits per heavy atom. The first-order chi connectivity index (χ1) is 5.29. The second-order valence-electron chi connectivity index (χ2n) is 2.78. The first-order valence-corrected chi connectivity index (χ1v) is 4.55. The van der Waals surface area contributed by atoms with Gasteiger partial charge in [0.15, 0.2) is 0 Å². The topological polar surface area (TPSA) is 35.0 Å². The fourth-order valence-corrected chi connectivity index (χ4v) is 2.37. The third-order valence-electron chi connectivity index (χ3n) is 2.08. The Morgan fingerprint density at radius 3 is 2.42 bits per heavy atom. The van der Waals surface area contributed by atoms with E-state index in [0.717, 1.165) is 0 Å². The summed E-state index contributed by atoms with van der Waals surface area (Å²) >= 11 is 1.88. The molecule has 0 aliphatic rings. The highest BCUT2D eigenvalue weighted by atomic mass is 32.1. The third kappa shape index (κ3) is 1.24. The highest BCUT2D eigenvalue weighted by Gasteiger charge is 2.01. The Balaban J connectivity index is 0.000000720. The van der Waals surface area contributed by atoms with Crippen LogP contribution in [-0.2, 0) is 0 Å². The van der Waals surface area contributed by atoms with Crippen molar-refractivity contribution in [1.82, 2.24) is 6.15 Å². The van der Waals surface area contributed by atoms with Crippen LogP contribution in [-0.4, -0.2) is 0 Å². The molecular weight excluding hydrogens is 166 g/mol. The van der Waals surface area contributed by atoms with E-state index in [2.05, 4.69) is 38.1 Å². The van der Waals surface area contributed by atoms with Crippen LogP contribution in [0.1, 0.15) is 10.4 Å². The van der Waals surface area contributed by atoms with E-state index in [1.165, 1.54) is 20.5 Å². The largest absolute Gasteiger partial charge is 0.344 e. The van der Waals surface area contributed by atoms with Crippen molar-refractivity contribution < 1.29 is 0 Å². The average Bonchev–Trinajstić information content (AvgIpc) is 2.30. The molecule has 0 fully saturated rings. The summed E-state index contributed by atoms with van der Waals surface area (Å²) in [7, 11) is 0. The van der Waals surface area contributed by atoms with Crippen molar-refractivity contribution in [2.45, 2.75) is 13.8 Å². The first kappa shape index (κ1) is 9.23. The second-order valence-corrected chi connectivity index (χ2v) is 4.04. The molecule has 0 saturated heterocycles. The van der Waals surface area contributed by atoms with Gasteiger partial charge in [-0.25, -0.2) is 0 Å². The number of hydrogen-bond donors (Lipinski definition) is 1. The molecule has 0 bridgehead atoms. The lowest BCUT2D eigenvalue weighted by Crippen LogP contribution is -1.68. The van der Waals surface area contributed by atoms with Gasteiger partial charge < -0.3 is 6.15 Å². The average molecular weight is 179 g/mol. The van der Waals surface area contributed by atoms with Crippen LogP contribution in [0, 0.1) is 13.8 Å². The summed E-state index contributed by atoms with van der Waals surface area (Å²) in [5.74, 6) is 0. The van der Waals surface area contributed by atoms with Crippen LogP contribution in [0.15, 0.2) is 24.3 Å². The van der Waals surface area contributed by atoms with Crippen LogP contribution in [0.5, 0.6) is 0 Å². The molecule has 0 unspecified atom stereocenters. The summed E-state index contributed by atoms with van der Waals surface area (Å²) in [6, 6.07) is 8.56. The van der Waals surface area contributed by atoms with Crippen molar-refractivity contribution in [3.63, 3.8) is 0 Å². The number of benzene rings is 1. The summed E-state index contributed by atoms with van der Waals surface area (Å²) in [4.78, 5) is 1.44. The van der Waals surface area contributed by atoms with Crippen LogP contribution < -0.4 is 6.15 Å². The first-order valence-electron chi connectivity index (χ1n) is 3.74. The number of hydrogen-bond acceptors (Lipinski definition) is 2. The molecular formula is C10H13NS. The van der Waals surface area contributed by atoms with Crippen molar-refractivity contribution in [3.8, 4) is 0 Å². The molecule has 1 nitrogen and oxygen atoms in total. The van der Waals surface area contributed by atoms with E-state index in [-0.39, 0.29) is 6.15 Å². The number of fused-ring (bicyclic) bond motifs is 1. The molecule has 0 aliphatic carbocycles. The maximum Gasteiger partial charge on any atom is 0.0348 e. The van der Waals surface area contributed by atoms with Gasteiger partial charge in [0.2, 0.25) is 0 Å². The number of rotatable bonds is 0. The molecule has 1 heterocycles. The Hall–Kier alpha value is -0.860. The molecule has 1 aromatic heterocycles. The lowest BCUT2D eigenvalue weighted by Gasteiger charge is -1.88. The molecule has 2 rings (SSSR count). The van der Waals surface area contributed by atoms with Crippen molar-refractivity contribution >= 4 is 21.4 Å². The minimum Gasteiger partial charge on any atom is -0.344 e. The summed E-state index contributed by atoms with van der Waals surface area (Å²) in [6.45, 7) is 4.37. The molecule has 3 N–H and O–H groups in total. The lowest BCUT2D eigenvalue weighted by molar-refractivity contribution is 1.47. The van der Waals surface area contributed by atoms with Gasteiger partial charge in [-0.3, -0.25) is 0 Å². The van der Waals surface area contributed by atoms with Gasteiger partial charge >= 0.3 is 0 Å². The molecule has 2 heteroatoms. The Kier molecular flexibility index (Phi) is 2.50. The highest BCUT2D eigenvalue weighted by Crippen LogP contribution is 2.29. The molecule has 0 atom stereocenters. The zero-order valence-corrected chi connectivity index (χ0v) is 8.24. The van der Waals surface area contributed by atoms with Crippen molar-refractivity contribution in [2.24, 2.45) is 0 Å². The monoisotopic (exact) mass is 179 g/mol. The summed E-state index contributed by atoms with van der Waals surface area (Å²) < 4.78 is 1.41. The van der Waals surface area contributed by atoms with Gasteiger partial charge in [-0.1, -0.05) is 18.2 Å². The normalized spacial score (nSPS) is 9.83. The fraction of sp³-hybridized carbons (Fsp3) is 0.200. The van der Waals surface area contributed by atoms with Gasteiger partial charge in [-0.05, 0) is 30.9 Å². The van der Waals surface area contributed by atoms with Gasteiger partial charge in [0, 0.05) is 9.58 Å². The summed E-state index contributed by atoms with van der Waals surface area (Å²) in [5.41, 5.74) is 1.44. The SMILES string of the molecule is Cc1sc2ccccc2c1C.N. The molecule has 64 valence electrons. The van der Waals surface area contributed by atoms with E-state index >= 15 is 0 Å². The van der Waals surface area contributed by atoms with E-state index in [1.807, 2.05) is 11.3 Å². The molecule has 0 saturated carbocycles. The van der Waals surface area contributed by atoms with Gasteiger partial charge in [-0.15, -0.1) is 11.3 Å². The van der Waals surface area contributed by atoms with E-state index in [4.69, 9.17) is 0 Å². The van der Waals surface area contributed by atoms with Crippen LogP contribution in [0.3, 0.4) is 0 Å². The second kappa shape index (κ2) is 3.25. The zero-order valence-electron chi connectivity index (χ0n) is 7.42. The van der Waals surface area contributed by atoms with E-state index in [0.29, 0.717) is 0 Å². The zero-order chi connectivity index (χ0) is 7.84. The molecule has 0 radical (unpaired) electrons. The Morgan fingerprint density at radius 1 is 1.08 bits per heavy atom. The molecule has 0 spiro atoms. The van der Waals surface area contributed by atoms with Crippen LogP contribution in [0.25, 0.3) is 10.1 Å². The molecule has 0 amide bonds. The highest BCUT2D eigenvalue weighted by molar-refractivity contribution is 7.19. The quantitative estimate of drug-likeness (QED) is 0.657. The number of aryl methyl sites for hydroxylation is 2. The van der Waals surface area contributed by atoms with Crippen molar-refractivity contribution in [1.29, 1.82) is 0 Å². The molecule has 2 aromatic rings. The predicted molar refractivity (Wildman–Crippen MR) is 56.3 cm³/mol. The minimum absolute atomic E-state index is 0. The third-order valence-corrected chi connectivity index (χ3v) is 3.27. The minimum atomic E-state index is 0. The lowest BCUT2D eigenvalue weighted by atomic mass is 10.2.